The first-order valence-electron chi connectivity index (χ1n) is 4.10. The zero-order valence-electron chi connectivity index (χ0n) is 8.01. The summed E-state index contributed by atoms with van der Waals surface area (Å²) in [4.78, 5) is 10.4. The third-order valence-electron chi connectivity index (χ3n) is 2.01. The fourth-order valence-electron chi connectivity index (χ4n) is 1.25. The van der Waals surface area contributed by atoms with Crippen molar-refractivity contribution in [2.75, 3.05) is 0 Å². The zero-order valence-corrected chi connectivity index (χ0v) is 8.01. The van der Waals surface area contributed by atoms with Crippen LogP contribution in [0.15, 0.2) is 0 Å². The molecular formula is C8H11F3O3. The Kier molecular flexibility index (Phi) is 2.51. The lowest BCUT2D eigenvalue weighted by Gasteiger charge is -2.12. The highest BCUT2D eigenvalue weighted by atomic mass is 19.4. The third kappa shape index (κ3) is 2.37. The van der Waals surface area contributed by atoms with Gasteiger partial charge in [-0.1, -0.05) is 0 Å². The van der Waals surface area contributed by atoms with Gasteiger partial charge in [-0.05, 0) is 20.8 Å². The van der Waals surface area contributed by atoms with Gasteiger partial charge in [-0.3, -0.25) is 0 Å². The van der Waals surface area contributed by atoms with Crippen molar-refractivity contribution in [1.29, 1.82) is 0 Å². The van der Waals surface area contributed by atoms with Crippen molar-refractivity contribution in [3.8, 4) is 0 Å². The molecule has 0 saturated carbocycles. The lowest BCUT2D eigenvalue weighted by atomic mass is 10.1. The highest BCUT2D eigenvalue weighted by molar-refractivity contribution is 5.75. The van der Waals surface area contributed by atoms with Gasteiger partial charge < -0.3 is 9.47 Å². The predicted octanol–water partition coefficient (Wildman–Crippen LogP) is 1.66. The van der Waals surface area contributed by atoms with Crippen molar-refractivity contribution < 1.29 is 27.4 Å². The summed E-state index contributed by atoms with van der Waals surface area (Å²) in [5.41, 5.74) is -0.495. The second-order valence-corrected chi connectivity index (χ2v) is 3.75. The number of hydrogen-bond donors (Lipinski definition) is 0. The Labute approximate surface area is 79.2 Å². The van der Waals surface area contributed by atoms with Crippen LogP contribution in [0.2, 0.25) is 0 Å². The van der Waals surface area contributed by atoms with Gasteiger partial charge in [0.25, 0.3) is 0 Å². The quantitative estimate of drug-likeness (QED) is 0.516. The number of hydrogen-bond acceptors (Lipinski definition) is 3. The van der Waals surface area contributed by atoms with Gasteiger partial charge in [0.15, 0.2) is 0 Å². The number of alkyl halides is 3. The monoisotopic (exact) mass is 212 g/mol. The number of ether oxygens (including phenoxy) is 2. The van der Waals surface area contributed by atoms with E-state index in [2.05, 4.69) is 4.74 Å². The minimum absolute atomic E-state index is 0.450. The predicted molar refractivity (Wildman–Crippen MR) is 40.6 cm³/mol. The second-order valence-electron chi connectivity index (χ2n) is 3.75. The molecule has 0 spiro atoms. The first-order chi connectivity index (χ1) is 6.14. The largest absolute Gasteiger partial charge is 0.490 e. The van der Waals surface area contributed by atoms with Crippen molar-refractivity contribution in [3.05, 3.63) is 0 Å². The maximum Gasteiger partial charge on any atom is 0.490 e. The van der Waals surface area contributed by atoms with Gasteiger partial charge >= 0.3 is 12.1 Å². The lowest BCUT2D eigenvalue weighted by Crippen LogP contribution is -2.32. The standard InChI is InChI=1S/C8H11F3O3/c1-4(5-7(2,3)14-5)13-6(12)8(9,10)11/h4-5H,1-3H3/t4-,5+/m1/s1. The Balaban J connectivity index is 2.43. The number of carbonyl (C=O) groups excluding carboxylic acids is 1. The van der Waals surface area contributed by atoms with Gasteiger partial charge in [0.2, 0.25) is 0 Å². The molecule has 0 radical (unpaired) electrons. The molecule has 1 heterocycles. The minimum Gasteiger partial charge on any atom is -0.453 e. The molecule has 0 aromatic rings. The molecule has 0 aromatic heterocycles. The second kappa shape index (κ2) is 3.12. The van der Waals surface area contributed by atoms with Crippen LogP contribution in [0.3, 0.4) is 0 Å². The van der Waals surface area contributed by atoms with E-state index < -0.39 is 30.0 Å². The lowest BCUT2D eigenvalue weighted by molar-refractivity contribution is -0.204. The van der Waals surface area contributed by atoms with E-state index in [1.807, 2.05) is 0 Å². The first-order valence-corrected chi connectivity index (χ1v) is 4.10. The average Bonchev–Trinajstić information content (AvgIpc) is 2.57. The molecule has 0 aromatic carbocycles. The highest BCUT2D eigenvalue weighted by Gasteiger charge is 2.54. The summed E-state index contributed by atoms with van der Waals surface area (Å²) in [7, 11) is 0. The molecule has 1 saturated heterocycles. The van der Waals surface area contributed by atoms with Crippen LogP contribution in [-0.4, -0.2) is 30.0 Å². The summed E-state index contributed by atoms with van der Waals surface area (Å²) >= 11 is 0. The van der Waals surface area contributed by atoms with Crippen LogP contribution in [0.1, 0.15) is 20.8 Å². The topological polar surface area (TPSA) is 38.8 Å². The number of carbonyl (C=O) groups is 1. The summed E-state index contributed by atoms with van der Waals surface area (Å²) in [5, 5.41) is 0. The van der Waals surface area contributed by atoms with Crippen LogP contribution in [0, 0.1) is 0 Å². The molecule has 6 heteroatoms. The average molecular weight is 212 g/mol. The fourth-order valence-corrected chi connectivity index (χ4v) is 1.25. The van der Waals surface area contributed by atoms with Crippen LogP contribution >= 0.6 is 0 Å². The minimum atomic E-state index is -4.94. The summed E-state index contributed by atoms with van der Waals surface area (Å²) in [6.07, 6.45) is -6.26. The van der Waals surface area contributed by atoms with E-state index in [0.29, 0.717) is 0 Å². The van der Waals surface area contributed by atoms with Gasteiger partial charge in [0.1, 0.15) is 12.2 Å². The molecule has 0 unspecified atom stereocenters. The summed E-state index contributed by atoms with van der Waals surface area (Å²) < 4.78 is 44.5. The summed E-state index contributed by atoms with van der Waals surface area (Å²) in [6, 6.07) is 0. The van der Waals surface area contributed by atoms with Gasteiger partial charge in [-0.2, -0.15) is 13.2 Å². The molecule has 0 aliphatic carbocycles. The van der Waals surface area contributed by atoms with Crippen LogP contribution < -0.4 is 0 Å². The van der Waals surface area contributed by atoms with Gasteiger partial charge in [0, 0.05) is 0 Å². The molecular weight excluding hydrogens is 201 g/mol. The third-order valence-corrected chi connectivity index (χ3v) is 2.01. The maximum absolute atomic E-state index is 11.8. The highest BCUT2D eigenvalue weighted by Crippen LogP contribution is 2.39. The Bertz CT molecular complexity index is 247. The molecule has 1 aliphatic heterocycles. The normalized spacial score (nSPS) is 26.9. The molecule has 0 bridgehead atoms. The Morgan fingerprint density at radius 3 is 2.21 bits per heavy atom. The maximum atomic E-state index is 11.8. The Morgan fingerprint density at radius 2 is 1.93 bits per heavy atom. The Morgan fingerprint density at radius 1 is 1.50 bits per heavy atom. The zero-order chi connectivity index (χ0) is 11.1. The summed E-state index contributed by atoms with van der Waals surface area (Å²) in [6.45, 7) is 4.81. The van der Waals surface area contributed by atoms with E-state index in [-0.39, 0.29) is 0 Å². The van der Waals surface area contributed by atoms with E-state index in [1.54, 1.807) is 13.8 Å². The molecule has 0 N–H and O–H groups in total. The van der Waals surface area contributed by atoms with Gasteiger partial charge in [0.05, 0.1) is 5.60 Å². The molecule has 0 amide bonds. The van der Waals surface area contributed by atoms with Crippen molar-refractivity contribution >= 4 is 5.97 Å². The molecule has 14 heavy (non-hydrogen) atoms. The molecule has 1 rings (SSSR count). The van der Waals surface area contributed by atoms with E-state index in [0.717, 1.165) is 0 Å². The van der Waals surface area contributed by atoms with Crippen LogP contribution in [-0.2, 0) is 14.3 Å². The van der Waals surface area contributed by atoms with Crippen molar-refractivity contribution in [2.24, 2.45) is 0 Å². The summed E-state index contributed by atoms with van der Waals surface area (Å²) in [5.74, 6) is -2.17. The van der Waals surface area contributed by atoms with E-state index in [4.69, 9.17) is 4.74 Å². The molecule has 2 atom stereocenters. The van der Waals surface area contributed by atoms with Gasteiger partial charge in [-0.25, -0.2) is 4.79 Å². The van der Waals surface area contributed by atoms with Crippen LogP contribution in [0.4, 0.5) is 13.2 Å². The smallest absolute Gasteiger partial charge is 0.453 e. The molecule has 1 fully saturated rings. The first kappa shape index (κ1) is 11.3. The molecule has 1 aliphatic rings. The number of epoxide rings is 1. The SMILES string of the molecule is C[C@@H](OC(=O)C(F)(F)F)[C@@H]1OC1(C)C. The number of rotatable bonds is 2. The van der Waals surface area contributed by atoms with Crippen molar-refractivity contribution in [1.82, 2.24) is 0 Å². The number of esters is 1. The molecule has 82 valence electrons. The van der Waals surface area contributed by atoms with E-state index in [1.165, 1.54) is 6.92 Å². The Hall–Kier alpha value is -0.780. The van der Waals surface area contributed by atoms with E-state index >= 15 is 0 Å². The molecule has 3 nitrogen and oxygen atoms in total. The van der Waals surface area contributed by atoms with Crippen molar-refractivity contribution in [3.63, 3.8) is 0 Å². The van der Waals surface area contributed by atoms with Crippen LogP contribution in [0.25, 0.3) is 0 Å². The van der Waals surface area contributed by atoms with Crippen molar-refractivity contribution in [2.45, 2.75) is 44.8 Å². The van der Waals surface area contributed by atoms with E-state index in [9.17, 15) is 18.0 Å². The fraction of sp³-hybridized carbons (Fsp3) is 0.875. The van der Waals surface area contributed by atoms with Crippen LogP contribution in [0.5, 0.6) is 0 Å². The van der Waals surface area contributed by atoms with Gasteiger partial charge in [-0.15, -0.1) is 0 Å². The number of halogens is 3.